The van der Waals surface area contributed by atoms with Gasteiger partial charge >= 0.3 is 12.0 Å². The normalized spacial score (nSPS) is 20.9. The molecule has 6 heteroatoms. The van der Waals surface area contributed by atoms with E-state index in [1.165, 1.54) is 12.1 Å². The number of urea groups is 1. The molecule has 0 saturated heterocycles. The minimum Gasteiger partial charge on any atom is -0.478 e. The molecule has 108 valence electrons. The van der Waals surface area contributed by atoms with Gasteiger partial charge in [0.25, 0.3) is 0 Å². The first-order valence-electron chi connectivity index (χ1n) is 6.44. The lowest BCUT2D eigenvalue weighted by molar-refractivity contribution is 0.0210. The van der Waals surface area contributed by atoms with Gasteiger partial charge in [-0.25, -0.2) is 9.59 Å². The second-order valence-corrected chi connectivity index (χ2v) is 4.96. The molecular weight excluding hydrogens is 260 g/mol. The van der Waals surface area contributed by atoms with Gasteiger partial charge in [0, 0.05) is 18.8 Å². The van der Waals surface area contributed by atoms with E-state index in [0.29, 0.717) is 11.3 Å². The van der Waals surface area contributed by atoms with Crippen molar-refractivity contribution in [1.82, 2.24) is 5.32 Å². The number of nitrogens with one attached hydrogen (secondary N) is 2. The standard InChI is InChI=1S/C14H18N2O4/c1-8-5-9(13(17)18)3-4-12(8)16-14(19)15-10-6-11(7-10)20-2/h3-5,10-11H,6-7H2,1-2H3,(H,17,18)(H2,15,16,19). The summed E-state index contributed by atoms with van der Waals surface area (Å²) in [5, 5.41) is 14.4. The van der Waals surface area contributed by atoms with E-state index in [-0.39, 0.29) is 23.7 Å². The number of carboxylic acids is 1. The molecule has 6 nitrogen and oxygen atoms in total. The van der Waals surface area contributed by atoms with Crippen LogP contribution in [0.3, 0.4) is 0 Å². The molecule has 0 aromatic heterocycles. The Labute approximate surface area is 117 Å². The maximum atomic E-state index is 11.8. The molecule has 1 aromatic carbocycles. The second kappa shape index (κ2) is 5.92. The van der Waals surface area contributed by atoms with Gasteiger partial charge < -0.3 is 20.5 Å². The van der Waals surface area contributed by atoms with Crippen LogP contribution in [0.4, 0.5) is 10.5 Å². The van der Waals surface area contributed by atoms with Crippen molar-refractivity contribution in [2.45, 2.75) is 31.9 Å². The predicted octanol–water partition coefficient (Wildman–Crippen LogP) is 1.99. The minimum absolute atomic E-state index is 0.138. The van der Waals surface area contributed by atoms with Gasteiger partial charge in [-0.05, 0) is 43.5 Å². The fourth-order valence-corrected chi connectivity index (χ4v) is 2.16. The third-order valence-corrected chi connectivity index (χ3v) is 3.48. The van der Waals surface area contributed by atoms with Crippen molar-refractivity contribution in [3.8, 4) is 0 Å². The third-order valence-electron chi connectivity index (χ3n) is 3.48. The number of amides is 2. The molecule has 2 rings (SSSR count). The number of anilines is 1. The quantitative estimate of drug-likeness (QED) is 0.786. The van der Waals surface area contributed by atoms with E-state index in [2.05, 4.69) is 10.6 Å². The summed E-state index contributed by atoms with van der Waals surface area (Å²) in [5.74, 6) is -0.982. The largest absolute Gasteiger partial charge is 0.478 e. The molecule has 3 N–H and O–H groups in total. The molecule has 1 saturated carbocycles. The number of carbonyl (C=O) groups is 2. The summed E-state index contributed by atoms with van der Waals surface area (Å²) < 4.78 is 5.14. The number of hydrogen-bond donors (Lipinski definition) is 3. The van der Waals surface area contributed by atoms with E-state index in [0.717, 1.165) is 12.8 Å². The van der Waals surface area contributed by atoms with Crippen LogP contribution in [0.5, 0.6) is 0 Å². The SMILES string of the molecule is COC1CC(NC(=O)Nc2ccc(C(=O)O)cc2C)C1. The van der Waals surface area contributed by atoms with Crippen LogP contribution in [-0.4, -0.2) is 36.4 Å². The average molecular weight is 278 g/mol. The van der Waals surface area contributed by atoms with Gasteiger partial charge in [-0.15, -0.1) is 0 Å². The summed E-state index contributed by atoms with van der Waals surface area (Å²) in [5.41, 5.74) is 1.52. The van der Waals surface area contributed by atoms with E-state index in [9.17, 15) is 9.59 Å². The number of ether oxygens (including phenoxy) is 1. The molecule has 0 heterocycles. The van der Waals surface area contributed by atoms with Gasteiger partial charge in [-0.3, -0.25) is 0 Å². The molecule has 1 aliphatic rings. The monoisotopic (exact) mass is 278 g/mol. The van der Waals surface area contributed by atoms with Crippen molar-refractivity contribution < 1.29 is 19.4 Å². The lowest BCUT2D eigenvalue weighted by atomic mass is 9.89. The molecule has 0 bridgehead atoms. The lowest BCUT2D eigenvalue weighted by Gasteiger charge is -2.34. The molecule has 0 unspecified atom stereocenters. The highest BCUT2D eigenvalue weighted by molar-refractivity contribution is 5.92. The van der Waals surface area contributed by atoms with Gasteiger partial charge in [-0.1, -0.05) is 0 Å². The molecule has 0 aliphatic heterocycles. The Morgan fingerprint density at radius 1 is 1.35 bits per heavy atom. The van der Waals surface area contributed by atoms with E-state index in [1.807, 2.05) is 0 Å². The van der Waals surface area contributed by atoms with Crippen molar-refractivity contribution in [1.29, 1.82) is 0 Å². The average Bonchev–Trinajstić information content (AvgIpc) is 2.35. The first-order valence-corrected chi connectivity index (χ1v) is 6.44. The zero-order valence-electron chi connectivity index (χ0n) is 11.5. The van der Waals surface area contributed by atoms with Crippen molar-refractivity contribution in [3.63, 3.8) is 0 Å². The van der Waals surface area contributed by atoms with Crippen LogP contribution in [-0.2, 0) is 4.74 Å². The highest BCUT2D eigenvalue weighted by Crippen LogP contribution is 2.23. The summed E-state index contributed by atoms with van der Waals surface area (Å²) in [6, 6.07) is 4.45. The fourth-order valence-electron chi connectivity index (χ4n) is 2.16. The molecule has 0 spiro atoms. The van der Waals surface area contributed by atoms with Crippen LogP contribution in [0, 0.1) is 6.92 Å². The number of aromatic carboxylic acids is 1. The van der Waals surface area contributed by atoms with Gasteiger partial charge in [-0.2, -0.15) is 0 Å². The van der Waals surface area contributed by atoms with Crippen LogP contribution in [0.1, 0.15) is 28.8 Å². The summed E-state index contributed by atoms with van der Waals surface area (Å²) in [6.07, 6.45) is 1.87. The number of aryl methyl sites for hydroxylation is 1. The maximum Gasteiger partial charge on any atom is 0.335 e. The molecule has 0 atom stereocenters. The van der Waals surface area contributed by atoms with Crippen LogP contribution >= 0.6 is 0 Å². The van der Waals surface area contributed by atoms with E-state index in [4.69, 9.17) is 9.84 Å². The molecule has 0 radical (unpaired) electrons. The molecule has 1 aromatic rings. The zero-order valence-corrected chi connectivity index (χ0v) is 11.5. The summed E-state index contributed by atoms with van der Waals surface area (Å²) >= 11 is 0. The summed E-state index contributed by atoms with van der Waals surface area (Å²) in [7, 11) is 1.66. The van der Waals surface area contributed by atoms with Crippen molar-refractivity contribution in [3.05, 3.63) is 29.3 Å². The van der Waals surface area contributed by atoms with Gasteiger partial charge in [0.2, 0.25) is 0 Å². The molecular formula is C14H18N2O4. The van der Waals surface area contributed by atoms with Crippen molar-refractivity contribution >= 4 is 17.7 Å². The second-order valence-electron chi connectivity index (χ2n) is 4.96. The van der Waals surface area contributed by atoms with E-state index in [1.54, 1.807) is 20.1 Å². The Morgan fingerprint density at radius 2 is 2.05 bits per heavy atom. The fraction of sp³-hybridized carbons (Fsp3) is 0.429. The third kappa shape index (κ3) is 3.27. The number of rotatable bonds is 4. The summed E-state index contributed by atoms with van der Waals surface area (Å²) in [4.78, 5) is 22.6. The Kier molecular flexibility index (Phi) is 4.24. The first-order chi connectivity index (χ1) is 9.49. The highest BCUT2D eigenvalue weighted by atomic mass is 16.5. The number of methoxy groups -OCH3 is 1. The van der Waals surface area contributed by atoms with Crippen molar-refractivity contribution in [2.24, 2.45) is 0 Å². The summed E-state index contributed by atoms with van der Waals surface area (Å²) in [6.45, 7) is 1.76. The predicted molar refractivity (Wildman–Crippen MR) is 74.1 cm³/mol. The maximum absolute atomic E-state index is 11.8. The lowest BCUT2D eigenvalue weighted by Crippen LogP contribution is -2.48. The Hall–Kier alpha value is -2.08. The molecule has 2 amide bonds. The van der Waals surface area contributed by atoms with Crippen molar-refractivity contribution in [2.75, 3.05) is 12.4 Å². The molecule has 1 aliphatic carbocycles. The van der Waals surface area contributed by atoms with Gasteiger partial charge in [0.05, 0.1) is 11.7 Å². The first kappa shape index (κ1) is 14.3. The highest BCUT2D eigenvalue weighted by Gasteiger charge is 2.30. The number of benzene rings is 1. The Morgan fingerprint density at radius 3 is 2.60 bits per heavy atom. The van der Waals surface area contributed by atoms with Gasteiger partial charge in [0.1, 0.15) is 0 Å². The number of carboxylic acid groups (broad SMARTS) is 1. The van der Waals surface area contributed by atoms with E-state index >= 15 is 0 Å². The minimum atomic E-state index is -0.982. The Balaban J connectivity index is 1.90. The van der Waals surface area contributed by atoms with Crippen LogP contribution in [0.2, 0.25) is 0 Å². The van der Waals surface area contributed by atoms with Crippen LogP contribution in [0.15, 0.2) is 18.2 Å². The molecule has 20 heavy (non-hydrogen) atoms. The smallest absolute Gasteiger partial charge is 0.335 e. The van der Waals surface area contributed by atoms with Crippen LogP contribution in [0.25, 0.3) is 0 Å². The van der Waals surface area contributed by atoms with E-state index < -0.39 is 5.97 Å². The van der Waals surface area contributed by atoms with Crippen LogP contribution < -0.4 is 10.6 Å². The van der Waals surface area contributed by atoms with Gasteiger partial charge in [0.15, 0.2) is 0 Å². The zero-order chi connectivity index (χ0) is 14.7. The number of hydrogen-bond acceptors (Lipinski definition) is 3. The number of carbonyl (C=O) groups excluding carboxylic acids is 1. The topological polar surface area (TPSA) is 87.7 Å². The Bertz CT molecular complexity index is 524. The molecule has 1 fully saturated rings.